The summed E-state index contributed by atoms with van der Waals surface area (Å²) in [5, 5.41) is 0. The fourth-order valence-corrected chi connectivity index (χ4v) is 4.03. The molecule has 0 N–H and O–H groups in total. The summed E-state index contributed by atoms with van der Waals surface area (Å²) in [6.07, 6.45) is 7.87. The molecule has 3 atom stereocenters. The van der Waals surface area contributed by atoms with E-state index in [1.54, 1.807) is 0 Å². The van der Waals surface area contributed by atoms with Crippen molar-refractivity contribution in [1.82, 2.24) is 0 Å². The maximum atomic E-state index is 12.5. The Morgan fingerprint density at radius 3 is 2.89 bits per heavy atom. The first kappa shape index (κ1) is 10.5. The zero-order valence-electron chi connectivity index (χ0n) is 10.6. The predicted octanol–water partition coefficient (Wildman–Crippen LogP) is 3.64. The zero-order valence-corrected chi connectivity index (χ0v) is 10.6. The van der Waals surface area contributed by atoms with Crippen LogP contribution in [0.3, 0.4) is 0 Å². The van der Waals surface area contributed by atoms with Gasteiger partial charge < -0.3 is 0 Å². The Balaban J connectivity index is 1.63. The van der Waals surface area contributed by atoms with Gasteiger partial charge in [-0.3, -0.25) is 4.79 Å². The second-order valence-electron chi connectivity index (χ2n) is 5.94. The highest BCUT2D eigenvalue weighted by Crippen LogP contribution is 2.61. The van der Waals surface area contributed by atoms with E-state index in [1.165, 1.54) is 30.4 Å². The molecule has 1 saturated carbocycles. The number of aryl methyl sites for hydroxylation is 1. The second-order valence-corrected chi connectivity index (χ2v) is 5.94. The summed E-state index contributed by atoms with van der Waals surface area (Å²) in [5.41, 5.74) is 4.08. The van der Waals surface area contributed by atoms with E-state index in [4.69, 9.17) is 0 Å². The average molecular weight is 238 g/mol. The van der Waals surface area contributed by atoms with Gasteiger partial charge in [-0.05, 0) is 60.6 Å². The quantitative estimate of drug-likeness (QED) is 0.768. The first-order valence-electron chi connectivity index (χ1n) is 7.17. The molecule has 18 heavy (non-hydrogen) atoms. The van der Waals surface area contributed by atoms with Gasteiger partial charge in [-0.2, -0.15) is 0 Å². The molecule has 3 aliphatic carbocycles. The lowest BCUT2D eigenvalue weighted by Crippen LogP contribution is -2.05. The number of carbonyl (C=O) groups is 1. The van der Waals surface area contributed by atoms with Crippen LogP contribution in [0.4, 0.5) is 0 Å². The van der Waals surface area contributed by atoms with Crippen molar-refractivity contribution in [3.63, 3.8) is 0 Å². The molecule has 0 bridgehead atoms. The summed E-state index contributed by atoms with van der Waals surface area (Å²) in [5.74, 6) is 1.98. The number of allylic oxidation sites excluding steroid dienone is 2. The molecule has 0 amide bonds. The maximum Gasteiger partial charge on any atom is 0.162 e. The van der Waals surface area contributed by atoms with Crippen LogP contribution in [0.2, 0.25) is 0 Å². The van der Waals surface area contributed by atoms with E-state index >= 15 is 0 Å². The van der Waals surface area contributed by atoms with Crippen LogP contribution in [0.15, 0.2) is 35.9 Å². The molecular weight excluding hydrogens is 220 g/mol. The molecule has 1 aromatic rings. The Bertz CT molecular complexity index is 540. The monoisotopic (exact) mass is 238 g/mol. The van der Waals surface area contributed by atoms with E-state index in [2.05, 4.69) is 30.3 Å². The molecule has 4 rings (SSSR count). The van der Waals surface area contributed by atoms with Crippen molar-refractivity contribution < 1.29 is 4.79 Å². The fourth-order valence-electron chi connectivity index (χ4n) is 4.03. The van der Waals surface area contributed by atoms with Crippen molar-refractivity contribution in [3.05, 3.63) is 47.0 Å². The van der Waals surface area contributed by atoms with Crippen LogP contribution in [-0.2, 0) is 11.2 Å². The van der Waals surface area contributed by atoms with Gasteiger partial charge >= 0.3 is 0 Å². The Kier molecular flexibility index (Phi) is 2.23. The Morgan fingerprint density at radius 1 is 1.17 bits per heavy atom. The largest absolute Gasteiger partial charge is 0.294 e. The summed E-state index contributed by atoms with van der Waals surface area (Å²) >= 11 is 0. The van der Waals surface area contributed by atoms with Crippen LogP contribution in [0, 0.1) is 11.8 Å². The molecular formula is C17H18O. The molecule has 0 spiro atoms. The molecule has 1 heteroatoms. The SMILES string of the molecule is O=C(C1=CCCC1)C1C2CCc3ccccc3C21. The molecule has 0 radical (unpaired) electrons. The van der Waals surface area contributed by atoms with Crippen molar-refractivity contribution >= 4 is 5.78 Å². The van der Waals surface area contributed by atoms with Crippen molar-refractivity contribution in [2.45, 2.75) is 38.0 Å². The highest BCUT2D eigenvalue weighted by Gasteiger charge is 2.57. The van der Waals surface area contributed by atoms with Crippen molar-refractivity contribution in [1.29, 1.82) is 0 Å². The summed E-state index contributed by atoms with van der Waals surface area (Å²) in [6, 6.07) is 8.72. The number of benzene rings is 1. The third kappa shape index (κ3) is 1.43. The number of carbonyl (C=O) groups excluding carboxylic acids is 1. The van der Waals surface area contributed by atoms with Crippen LogP contribution in [-0.4, -0.2) is 5.78 Å². The standard InChI is InChI=1S/C17H18O/c18-17(12-6-1-2-7-12)16-14-10-9-11-5-3-4-8-13(11)15(14)16/h3-6,8,14-16H,1-2,7,9-10H2. The maximum absolute atomic E-state index is 12.5. The molecule has 1 nitrogen and oxygen atoms in total. The number of hydrogen-bond acceptors (Lipinski definition) is 1. The van der Waals surface area contributed by atoms with E-state index in [1.807, 2.05) is 0 Å². The number of ketones is 1. The van der Waals surface area contributed by atoms with Gasteiger partial charge in [0.2, 0.25) is 0 Å². The highest BCUT2D eigenvalue weighted by atomic mass is 16.1. The Hall–Kier alpha value is -1.37. The normalized spacial score (nSPS) is 32.4. The molecule has 3 aliphatic rings. The molecule has 0 aromatic heterocycles. The molecule has 0 aliphatic heterocycles. The van der Waals surface area contributed by atoms with E-state index < -0.39 is 0 Å². The summed E-state index contributed by atoms with van der Waals surface area (Å²) in [4.78, 5) is 12.5. The van der Waals surface area contributed by atoms with E-state index in [0.717, 1.165) is 18.4 Å². The lowest BCUT2D eigenvalue weighted by molar-refractivity contribution is -0.117. The van der Waals surface area contributed by atoms with Crippen LogP contribution in [0.25, 0.3) is 0 Å². The van der Waals surface area contributed by atoms with Gasteiger partial charge in [0, 0.05) is 5.92 Å². The summed E-state index contributed by atoms with van der Waals surface area (Å²) < 4.78 is 0. The minimum absolute atomic E-state index is 0.318. The van der Waals surface area contributed by atoms with Gasteiger partial charge in [-0.15, -0.1) is 0 Å². The third-order valence-corrected chi connectivity index (χ3v) is 4.99. The van der Waals surface area contributed by atoms with Gasteiger partial charge in [0.05, 0.1) is 0 Å². The zero-order chi connectivity index (χ0) is 12.1. The third-order valence-electron chi connectivity index (χ3n) is 4.99. The molecule has 0 heterocycles. The van der Waals surface area contributed by atoms with Crippen LogP contribution in [0.5, 0.6) is 0 Å². The molecule has 92 valence electrons. The first-order valence-corrected chi connectivity index (χ1v) is 7.17. The smallest absolute Gasteiger partial charge is 0.162 e. The summed E-state index contributed by atoms with van der Waals surface area (Å²) in [7, 11) is 0. The Labute approximate surface area is 108 Å². The minimum atomic E-state index is 0.318. The molecule has 1 aromatic carbocycles. The van der Waals surface area contributed by atoms with Gasteiger partial charge in [-0.25, -0.2) is 0 Å². The summed E-state index contributed by atoms with van der Waals surface area (Å²) in [6.45, 7) is 0. The lowest BCUT2D eigenvalue weighted by atomic mass is 9.92. The molecule has 0 saturated heterocycles. The molecule has 3 unspecified atom stereocenters. The van der Waals surface area contributed by atoms with E-state index in [-0.39, 0.29) is 0 Å². The minimum Gasteiger partial charge on any atom is -0.294 e. The van der Waals surface area contributed by atoms with Gasteiger partial charge in [0.15, 0.2) is 5.78 Å². The number of Topliss-reactive ketones (excluding diaryl/α,β-unsaturated/α-hetero) is 1. The average Bonchev–Trinajstić information content (AvgIpc) is 2.89. The lowest BCUT2D eigenvalue weighted by Gasteiger charge is -2.13. The van der Waals surface area contributed by atoms with E-state index in [0.29, 0.717) is 23.5 Å². The van der Waals surface area contributed by atoms with Crippen molar-refractivity contribution in [2.24, 2.45) is 11.8 Å². The topological polar surface area (TPSA) is 17.1 Å². The second kappa shape index (κ2) is 3.81. The molecule has 1 fully saturated rings. The van der Waals surface area contributed by atoms with Crippen molar-refractivity contribution in [2.75, 3.05) is 0 Å². The first-order chi connectivity index (χ1) is 8.86. The highest BCUT2D eigenvalue weighted by molar-refractivity contribution is 6.00. The fraction of sp³-hybridized carbons (Fsp3) is 0.471. The Morgan fingerprint density at radius 2 is 2.06 bits per heavy atom. The van der Waals surface area contributed by atoms with Gasteiger partial charge in [0.25, 0.3) is 0 Å². The number of rotatable bonds is 2. The number of fused-ring (bicyclic) bond motifs is 3. The van der Waals surface area contributed by atoms with Gasteiger partial charge in [0.1, 0.15) is 0 Å². The van der Waals surface area contributed by atoms with Crippen LogP contribution >= 0.6 is 0 Å². The predicted molar refractivity (Wildman–Crippen MR) is 71.4 cm³/mol. The van der Waals surface area contributed by atoms with Crippen molar-refractivity contribution in [3.8, 4) is 0 Å². The number of hydrogen-bond donors (Lipinski definition) is 0. The van der Waals surface area contributed by atoms with Crippen LogP contribution < -0.4 is 0 Å². The van der Waals surface area contributed by atoms with E-state index in [9.17, 15) is 4.79 Å². The van der Waals surface area contributed by atoms with Crippen LogP contribution in [0.1, 0.15) is 42.7 Å². The van der Waals surface area contributed by atoms with Gasteiger partial charge in [-0.1, -0.05) is 30.3 Å².